The molecule has 1 aromatic carbocycles. The standard InChI is InChI=1S/C9H8ClN3S/c1-5-6(3-2-4-7(5)10)8-12-13-9(11)14-8/h2-4H,1H3,(H2,11,13). The van der Waals surface area contributed by atoms with E-state index in [1.165, 1.54) is 11.3 Å². The number of rotatable bonds is 1. The molecular formula is C9H8ClN3S. The number of nitrogens with two attached hydrogens (primary N) is 1. The maximum absolute atomic E-state index is 6.00. The van der Waals surface area contributed by atoms with Gasteiger partial charge < -0.3 is 5.73 Å². The van der Waals surface area contributed by atoms with Gasteiger partial charge in [0.25, 0.3) is 0 Å². The van der Waals surface area contributed by atoms with E-state index in [4.69, 9.17) is 17.3 Å². The van der Waals surface area contributed by atoms with Crippen molar-refractivity contribution in [2.24, 2.45) is 0 Å². The van der Waals surface area contributed by atoms with Gasteiger partial charge in [-0.2, -0.15) is 0 Å². The average molecular weight is 226 g/mol. The van der Waals surface area contributed by atoms with Gasteiger partial charge in [0.15, 0.2) is 0 Å². The number of nitrogen functional groups attached to an aromatic ring is 1. The van der Waals surface area contributed by atoms with Crippen LogP contribution < -0.4 is 5.73 Å². The Bertz CT molecular complexity index is 467. The van der Waals surface area contributed by atoms with Crippen molar-refractivity contribution in [3.8, 4) is 10.6 Å². The molecule has 2 aromatic rings. The van der Waals surface area contributed by atoms with Gasteiger partial charge in [-0.05, 0) is 18.6 Å². The van der Waals surface area contributed by atoms with Crippen LogP contribution >= 0.6 is 22.9 Å². The number of halogens is 1. The summed E-state index contributed by atoms with van der Waals surface area (Å²) in [6.45, 7) is 1.95. The highest BCUT2D eigenvalue weighted by Gasteiger charge is 2.08. The largest absolute Gasteiger partial charge is 0.374 e. The number of hydrogen-bond donors (Lipinski definition) is 1. The van der Waals surface area contributed by atoms with Gasteiger partial charge in [0.05, 0.1) is 0 Å². The molecular weight excluding hydrogens is 218 g/mol. The van der Waals surface area contributed by atoms with E-state index in [1.807, 2.05) is 25.1 Å². The predicted octanol–water partition coefficient (Wildman–Crippen LogP) is 2.75. The van der Waals surface area contributed by atoms with Crippen molar-refractivity contribution in [2.75, 3.05) is 5.73 Å². The molecule has 5 heteroatoms. The first kappa shape index (κ1) is 9.43. The topological polar surface area (TPSA) is 51.8 Å². The summed E-state index contributed by atoms with van der Waals surface area (Å²) in [7, 11) is 0. The SMILES string of the molecule is Cc1c(Cl)cccc1-c1nnc(N)s1. The zero-order valence-electron chi connectivity index (χ0n) is 7.49. The van der Waals surface area contributed by atoms with E-state index < -0.39 is 0 Å². The van der Waals surface area contributed by atoms with E-state index in [9.17, 15) is 0 Å². The smallest absolute Gasteiger partial charge is 0.203 e. The molecule has 0 aliphatic carbocycles. The molecule has 0 spiro atoms. The number of benzene rings is 1. The van der Waals surface area contributed by atoms with Gasteiger partial charge in [-0.3, -0.25) is 0 Å². The van der Waals surface area contributed by atoms with Crippen LogP contribution in [0.15, 0.2) is 18.2 Å². The van der Waals surface area contributed by atoms with Gasteiger partial charge in [-0.1, -0.05) is 35.1 Å². The average Bonchev–Trinajstić information content (AvgIpc) is 2.57. The summed E-state index contributed by atoms with van der Waals surface area (Å²) >= 11 is 7.36. The van der Waals surface area contributed by atoms with Crippen LogP contribution in [0.5, 0.6) is 0 Å². The molecule has 14 heavy (non-hydrogen) atoms. The van der Waals surface area contributed by atoms with E-state index in [0.717, 1.165) is 21.2 Å². The first-order valence-corrected chi connectivity index (χ1v) is 5.22. The van der Waals surface area contributed by atoms with Crippen LogP contribution in [0.3, 0.4) is 0 Å². The van der Waals surface area contributed by atoms with Crippen LogP contribution in [-0.2, 0) is 0 Å². The Hall–Kier alpha value is -1.13. The minimum atomic E-state index is 0.472. The van der Waals surface area contributed by atoms with Gasteiger partial charge >= 0.3 is 0 Å². The minimum absolute atomic E-state index is 0.472. The summed E-state index contributed by atoms with van der Waals surface area (Å²) in [4.78, 5) is 0. The van der Waals surface area contributed by atoms with Gasteiger partial charge in [0.1, 0.15) is 5.01 Å². The molecule has 0 radical (unpaired) electrons. The second-order valence-corrected chi connectivity index (χ2v) is 4.27. The number of aromatic nitrogens is 2. The lowest BCUT2D eigenvalue weighted by molar-refractivity contribution is 1.10. The molecule has 0 bridgehead atoms. The van der Waals surface area contributed by atoms with Crippen LogP contribution in [0.1, 0.15) is 5.56 Å². The molecule has 2 N–H and O–H groups in total. The summed E-state index contributed by atoms with van der Waals surface area (Å²) in [5.41, 5.74) is 7.51. The number of hydrogen-bond acceptors (Lipinski definition) is 4. The Kier molecular flexibility index (Phi) is 2.39. The van der Waals surface area contributed by atoms with E-state index in [0.29, 0.717) is 5.13 Å². The van der Waals surface area contributed by atoms with Crippen molar-refractivity contribution in [2.45, 2.75) is 6.92 Å². The second-order valence-electron chi connectivity index (χ2n) is 2.86. The summed E-state index contributed by atoms with van der Waals surface area (Å²) in [6.07, 6.45) is 0. The van der Waals surface area contributed by atoms with E-state index in [-0.39, 0.29) is 0 Å². The lowest BCUT2D eigenvalue weighted by Gasteiger charge is -2.02. The second kappa shape index (κ2) is 3.55. The zero-order valence-corrected chi connectivity index (χ0v) is 9.06. The van der Waals surface area contributed by atoms with Gasteiger partial charge in [0, 0.05) is 10.6 Å². The van der Waals surface area contributed by atoms with Gasteiger partial charge in [-0.15, -0.1) is 10.2 Å². The first-order chi connectivity index (χ1) is 6.68. The monoisotopic (exact) mass is 225 g/mol. The third-order valence-corrected chi connectivity index (χ3v) is 3.13. The predicted molar refractivity (Wildman–Crippen MR) is 59.5 cm³/mol. The van der Waals surface area contributed by atoms with E-state index >= 15 is 0 Å². The number of anilines is 1. The lowest BCUT2D eigenvalue weighted by atomic mass is 10.1. The molecule has 0 unspecified atom stereocenters. The minimum Gasteiger partial charge on any atom is -0.374 e. The van der Waals surface area contributed by atoms with E-state index in [2.05, 4.69) is 10.2 Å². The maximum atomic E-state index is 6.00. The summed E-state index contributed by atoms with van der Waals surface area (Å²) in [5.74, 6) is 0. The molecule has 1 heterocycles. The fourth-order valence-corrected chi connectivity index (χ4v) is 2.05. The van der Waals surface area contributed by atoms with Crippen LogP contribution in [0.2, 0.25) is 5.02 Å². The molecule has 72 valence electrons. The maximum Gasteiger partial charge on any atom is 0.203 e. The Morgan fingerprint density at radius 2 is 2.14 bits per heavy atom. The van der Waals surface area contributed by atoms with Gasteiger partial charge in [-0.25, -0.2) is 0 Å². The molecule has 0 fully saturated rings. The fourth-order valence-electron chi connectivity index (χ4n) is 1.18. The van der Waals surface area contributed by atoms with Crippen molar-refractivity contribution in [3.63, 3.8) is 0 Å². The summed E-state index contributed by atoms with van der Waals surface area (Å²) in [6, 6.07) is 5.70. The van der Waals surface area contributed by atoms with Crippen molar-refractivity contribution in [3.05, 3.63) is 28.8 Å². The van der Waals surface area contributed by atoms with Crippen molar-refractivity contribution in [1.29, 1.82) is 0 Å². The quantitative estimate of drug-likeness (QED) is 0.812. The molecule has 2 rings (SSSR count). The van der Waals surface area contributed by atoms with Crippen molar-refractivity contribution < 1.29 is 0 Å². The number of nitrogens with zero attached hydrogens (tertiary/aromatic N) is 2. The highest BCUT2D eigenvalue weighted by Crippen LogP contribution is 2.30. The third-order valence-electron chi connectivity index (χ3n) is 1.94. The molecule has 0 atom stereocenters. The summed E-state index contributed by atoms with van der Waals surface area (Å²) in [5, 5.41) is 9.75. The Morgan fingerprint density at radius 3 is 2.79 bits per heavy atom. The molecule has 0 saturated heterocycles. The molecule has 0 aliphatic rings. The first-order valence-electron chi connectivity index (χ1n) is 4.03. The van der Waals surface area contributed by atoms with Gasteiger partial charge in [0.2, 0.25) is 5.13 Å². The highest BCUT2D eigenvalue weighted by molar-refractivity contribution is 7.18. The molecule has 1 aromatic heterocycles. The molecule has 3 nitrogen and oxygen atoms in total. The van der Waals surface area contributed by atoms with Crippen molar-refractivity contribution >= 4 is 28.1 Å². The van der Waals surface area contributed by atoms with Crippen LogP contribution in [0.4, 0.5) is 5.13 Å². The molecule has 0 amide bonds. The van der Waals surface area contributed by atoms with E-state index in [1.54, 1.807) is 0 Å². The Labute approximate surface area is 90.5 Å². The third kappa shape index (κ3) is 1.58. The van der Waals surface area contributed by atoms with Crippen LogP contribution in [0.25, 0.3) is 10.6 Å². The summed E-state index contributed by atoms with van der Waals surface area (Å²) < 4.78 is 0. The van der Waals surface area contributed by atoms with Crippen LogP contribution in [-0.4, -0.2) is 10.2 Å². The Balaban J connectivity index is 2.57. The molecule has 0 saturated carbocycles. The zero-order chi connectivity index (χ0) is 10.1. The fraction of sp³-hybridized carbons (Fsp3) is 0.111. The van der Waals surface area contributed by atoms with Crippen LogP contribution in [0, 0.1) is 6.92 Å². The normalized spacial score (nSPS) is 10.4. The lowest BCUT2D eigenvalue weighted by Crippen LogP contribution is -1.83. The van der Waals surface area contributed by atoms with Crippen molar-refractivity contribution in [1.82, 2.24) is 10.2 Å². The molecule has 0 aliphatic heterocycles. The highest BCUT2D eigenvalue weighted by atomic mass is 35.5. The Morgan fingerprint density at radius 1 is 1.36 bits per heavy atom.